The van der Waals surface area contributed by atoms with Gasteiger partial charge in [-0.15, -0.1) is 5.10 Å². The third-order valence-corrected chi connectivity index (χ3v) is 3.19. The molecule has 20 heavy (non-hydrogen) atoms. The predicted molar refractivity (Wildman–Crippen MR) is 73.2 cm³/mol. The van der Waals surface area contributed by atoms with Crippen LogP contribution in [0.1, 0.15) is 26.0 Å². The highest BCUT2D eigenvalue weighted by molar-refractivity contribution is 5.77. The lowest BCUT2D eigenvalue weighted by Crippen LogP contribution is -2.38. The van der Waals surface area contributed by atoms with Gasteiger partial charge in [0.2, 0.25) is 5.91 Å². The Morgan fingerprint density at radius 2 is 2.15 bits per heavy atom. The first kappa shape index (κ1) is 14.2. The van der Waals surface area contributed by atoms with Crippen LogP contribution >= 0.6 is 0 Å². The topological polar surface area (TPSA) is 94.7 Å². The quantitative estimate of drug-likeness (QED) is 0.832. The van der Waals surface area contributed by atoms with Gasteiger partial charge in [-0.25, -0.2) is 0 Å². The van der Waals surface area contributed by atoms with Crippen molar-refractivity contribution in [3.8, 4) is 0 Å². The molecule has 2 aromatic rings. The average Bonchev–Trinajstić information content (AvgIpc) is 2.68. The van der Waals surface area contributed by atoms with Crippen molar-refractivity contribution >= 4 is 16.9 Å². The van der Waals surface area contributed by atoms with Crippen LogP contribution in [0.3, 0.4) is 0 Å². The van der Waals surface area contributed by atoms with E-state index < -0.39 is 0 Å². The van der Waals surface area contributed by atoms with Gasteiger partial charge in [-0.1, -0.05) is 12.1 Å². The van der Waals surface area contributed by atoms with Crippen LogP contribution in [0.5, 0.6) is 0 Å². The Morgan fingerprint density at radius 1 is 1.45 bits per heavy atom. The van der Waals surface area contributed by atoms with E-state index in [0.717, 1.165) is 11.1 Å². The van der Waals surface area contributed by atoms with Crippen LogP contribution in [0, 0.1) is 6.92 Å². The molecule has 8 heteroatoms. The summed E-state index contributed by atoms with van der Waals surface area (Å²) in [6, 6.07) is 0.0637. The molecule has 1 unspecified atom stereocenters. The molecule has 8 nitrogen and oxygen atoms in total. The van der Waals surface area contributed by atoms with Gasteiger partial charge in [0.1, 0.15) is 12.1 Å². The van der Waals surface area contributed by atoms with Gasteiger partial charge in [-0.2, -0.15) is 9.78 Å². The standard InChI is InChI=1S/C12H18N6O2/c1-5-7(2)13-9(19)6-18-12(20)11-10(14-16-18)8(3)15-17(11)4/h7H,5-6H2,1-4H3,(H,13,19). The molecule has 0 saturated carbocycles. The maximum Gasteiger partial charge on any atom is 0.296 e. The smallest absolute Gasteiger partial charge is 0.296 e. The zero-order valence-electron chi connectivity index (χ0n) is 12.0. The monoisotopic (exact) mass is 278 g/mol. The van der Waals surface area contributed by atoms with Gasteiger partial charge >= 0.3 is 0 Å². The normalized spacial score (nSPS) is 12.6. The molecule has 0 radical (unpaired) electrons. The van der Waals surface area contributed by atoms with E-state index in [4.69, 9.17) is 0 Å². The third-order valence-electron chi connectivity index (χ3n) is 3.19. The number of fused-ring (bicyclic) bond motifs is 1. The van der Waals surface area contributed by atoms with Crippen LogP contribution in [0.4, 0.5) is 0 Å². The number of carbonyl (C=O) groups excluding carboxylic acids is 1. The summed E-state index contributed by atoms with van der Waals surface area (Å²) < 4.78 is 2.52. The fourth-order valence-electron chi connectivity index (χ4n) is 1.93. The minimum atomic E-state index is -0.364. The summed E-state index contributed by atoms with van der Waals surface area (Å²) in [5.74, 6) is -0.256. The first-order valence-electron chi connectivity index (χ1n) is 6.50. The van der Waals surface area contributed by atoms with Gasteiger partial charge in [-0.3, -0.25) is 14.3 Å². The molecule has 0 saturated heterocycles. The molecule has 108 valence electrons. The third kappa shape index (κ3) is 2.54. The van der Waals surface area contributed by atoms with Crippen molar-refractivity contribution in [2.45, 2.75) is 39.8 Å². The van der Waals surface area contributed by atoms with Gasteiger partial charge in [0, 0.05) is 13.1 Å². The van der Waals surface area contributed by atoms with E-state index in [1.165, 1.54) is 4.68 Å². The van der Waals surface area contributed by atoms with E-state index in [2.05, 4.69) is 20.7 Å². The highest BCUT2D eigenvalue weighted by Crippen LogP contribution is 2.08. The summed E-state index contributed by atoms with van der Waals surface area (Å²) >= 11 is 0. The minimum absolute atomic E-state index is 0.0637. The zero-order chi connectivity index (χ0) is 14.9. The van der Waals surface area contributed by atoms with Crippen molar-refractivity contribution in [3.05, 3.63) is 16.0 Å². The van der Waals surface area contributed by atoms with Crippen LogP contribution in [-0.4, -0.2) is 36.7 Å². The molecule has 2 heterocycles. The molecule has 1 amide bonds. The summed E-state index contributed by atoms with van der Waals surface area (Å²) in [6.07, 6.45) is 0.826. The number of rotatable bonds is 4. The molecular weight excluding hydrogens is 260 g/mol. The van der Waals surface area contributed by atoms with E-state index in [-0.39, 0.29) is 24.1 Å². The molecule has 0 fully saturated rings. The Hall–Kier alpha value is -2.25. The van der Waals surface area contributed by atoms with Crippen molar-refractivity contribution < 1.29 is 4.79 Å². The number of nitrogens with zero attached hydrogens (tertiary/aromatic N) is 5. The lowest BCUT2D eigenvalue weighted by atomic mass is 10.2. The average molecular weight is 278 g/mol. The van der Waals surface area contributed by atoms with Gasteiger partial charge in [0.15, 0.2) is 5.52 Å². The van der Waals surface area contributed by atoms with Crippen molar-refractivity contribution in [1.82, 2.24) is 30.1 Å². The van der Waals surface area contributed by atoms with Crippen molar-refractivity contribution in [2.24, 2.45) is 7.05 Å². The Labute approximate surface area is 115 Å². The predicted octanol–water partition coefficient (Wildman–Crippen LogP) is -0.252. The molecule has 0 aromatic carbocycles. The molecule has 1 N–H and O–H groups in total. The number of amides is 1. The van der Waals surface area contributed by atoms with Crippen LogP contribution < -0.4 is 10.9 Å². The SMILES string of the molecule is CCC(C)NC(=O)Cn1nnc2c(C)nn(C)c2c1=O. The zero-order valence-corrected chi connectivity index (χ0v) is 12.0. The lowest BCUT2D eigenvalue weighted by Gasteiger charge is -2.11. The first-order chi connectivity index (χ1) is 9.43. The van der Waals surface area contributed by atoms with Crippen LogP contribution in [0.2, 0.25) is 0 Å². The number of aromatic nitrogens is 5. The van der Waals surface area contributed by atoms with Crippen molar-refractivity contribution in [2.75, 3.05) is 0 Å². The van der Waals surface area contributed by atoms with Gasteiger partial charge in [0.05, 0.1) is 5.69 Å². The summed E-state index contributed by atoms with van der Waals surface area (Å²) in [5, 5.41) is 14.7. The number of hydrogen-bond donors (Lipinski definition) is 1. The second-order valence-corrected chi connectivity index (χ2v) is 4.84. The van der Waals surface area contributed by atoms with E-state index in [0.29, 0.717) is 16.7 Å². The number of carbonyl (C=O) groups is 1. The molecule has 0 aliphatic carbocycles. The first-order valence-corrected chi connectivity index (χ1v) is 6.50. The van der Waals surface area contributed by atoms with Gasteiger partial charge in [-0.05, 0) is 20.3 Å². The fourth-order valence-corrected chi connectivity index (χ4v) is 1.93. The number of hydrogen-bond acceptors (Lipinski definition) is 5. The second-order valence-electron chi connectivity index (χ2n) is 4.84. The molecule has 2 aromatic heterocycles. The molecule has 0 aliphatic rings. The Bertz CT molecular complexity index is 702. The van der Waals surface area contributed by atoms with Crippen LogP contribution in [-0.2, 0) is 18.4 Å². The largest absolute Gasteiger partial charge is 0.352 e. The van der Waals surface area contributed by atoms with E-state index in [1.54, 1.807) is 14.0 Å². The van der Waals surface area contributed by atoms with E-state index in [9.17, 15) is 9.59 Å². The van der Waals surface area contributed by atoms with Gasteiger partial charge in [0.25, 0.3) is 5.56 Å². The summed E-state index contributed by atoms with van der Waals surface area (Å²) in [4.78, 5) is 24.1. The molecule has 0 bridgehead atoms. The maximum absolute atomic E-state index is 12.3. The van der Waals surface area contributed by atoms with Crippen LogP contribution in [0.25, 0.3) is 11.0 Å². The van der Waals surface area contributed by atoms with Gasteiger partial charge < -0.3 is 5.32 Å². The maximum atomic E-state index is 12.3. The van der Waals surface area contributed by atoms with Crippen LogP contribution in [0.15, 0.2) is 4.79 Å². The fraction of sp³-hybridized carbons (Fsp3) is 0.583. The lowest BCUT2D eigenvalue weighted by molar-refractivity contribution is -0.122. The Kier molecular flexibility index (Phi) is 3.82. The molecular formula is C12H18N6O2. The second kappa shape index (κ2) is 5.40. The summed E-state index contributed by atoms with van der Waals surface area (Å²) in [7, 11) is 1.67. The number of nitrogens with one attached hydrogen (secondary N) is 1. The highest BCUT2D eigenvalue weighted by atomic mass is 16.2. The molecule has 1 atom stereocenters. The van der Waals surface area contributed by atoms with Crippen molar-refractivity contribution in [1.29, 1.82) is 0 Å². The highest BCUT2D eigenvalue weighted by Gasteiger charge is 2.15. The molecule has 0 spiro atoms. The summed E-state index contributed by atoms with van der Waals surface area (Å²) in [6.45, 7) is 5.49. The van der Waals surface area contributed by atoms with E-state index >= 15 is 0 Å². The Morgan fingerprint density at radius 3 is 2.80 bits per heavy atom. The van der Waals surface area contributed by atoms with E-state index in [1.807, 2.05) is 13.8 Å². The Balaban J connectivity index is 2.32. The molecule has 0 aliphatic heterocycles. The minimum Gasteiger partial charge on any atom is -0.352 e. The molecule has 2 rings (SSSR count). The summed E-state index contributed by atoms with van der Waals surface area (Å²) in [5.41, 5.74) is 1.10. The van der Waals surface area contributed by atoms with Crippen molar-refractivity contribution in [3.63, 3.8) is 0 Å². The number of aryl methyl sites for hydroxylation is 2.